The summed E-state index contributed by atoms with van der Waals surface area (Å²) in [5.74, 6) is 0. The van der Waals surface area contributed by atoms with Crippen LogP contribution in [0.3, 0.4) is 0 Å². The zero-order valence-electron chi connectivity index (χ0n) is 9.25. The van der Waals surface area contributed by atoms with E-state index in [1.54, 1.807) is 36.7 Å². The van der Waals surface area contributed by atoms with Crippen molar-refractivity contribution in [3.63, 3.8) is 0 Å². The maximum absolute atomic E-state index is 11.9. The first kappa shape index (κ1) is 12.2. The maximum Gasteiger partial charge on any atom is 0.250 e. The molecule has 0 saturated carbocycles. The minimum Gasteiger partial charge on any atom is -0.265 e. The van der Waals surface area contributed by atoms with Crippen LogP contribution in [0.5, 0.6) is 0 Å². The Labute approximate surface area is 104 Å². The first-order valence-electron chi connectivity index (χ1n) is 5.03. The molecule has 90 valence electrons. The largest absolute Gasteiger partial charge is 0.265 e. The van der Waals surface area contributed by atoms with Gasteiger partial charge in [0.15, 0.2) is 0 Å². The topological polar surface area (TPSA) is 59.1 Å². The second-order valence-electron chi connectivity index (χ2n) is 3.55. The van der Waals surface area contributed by atoms with Crippen LogP contribution in [0.2, 0.25) is 0 Å². The molecule has 0 aliphatic carbocycles. The number of hydrogen-bond donors (Lipinski definition) is 1. The molecule has 17 heavy (non-hydrogen) atoms. The molecule has 0 saturated heterocycles. The highest BCUT2D eigenvalue weighted by atomic mass is 32.2. The summed E-state index contributed by atoms with van der Waals surface area (Å²) < 4.78 is 26.7. The number of aromatic nitrogens is 1. The van der Waals surface area contributed by atoms with Crippen molar-refractivity contribution >= 4 is 21.4 Å². The molecule has 0 bridgehead atoms. The molecule has 0 spiro atoms. The van der Waals surface area contributed by atoms with Crippen LogP contribution in [0.1, 0.15) is 10.4 Å². The Hall–Kier alpha value is -1.24. The van der Waals surface area contributed by atoms with Gasteiger partial charge >= 0.3 is 0 Å². The lowest BCUT2D eigenvalue weighted by Crippen LogP contribution is -2.22. The van der Waals surface area contributed by atoms with Gasteiger partial charge in [-0.1, -0.05) is 0 Å². The van der Waals surface area contributed by atoms with Crippen molar-refractivity contribution in [3.05, 3.63) is 47.1 Å². The Morgan fingerprint density at radius 1 is 1.24 bits per heavy atom. The average Bonchev–Trinajstić information content (AvgIpc) is 2.76. The van der Waals surface area contributed by atoms with Gasteiger partial charge in [-0.05, 0) is 36.8 Å². The van der Waals surface area contributed by atoms with Crippen LogP contribution in [0.15, 0.2) is 40.9 Å². The molecule has 2 rings (SSSR count). The molecule has 0 amide bonds. The summed E-state index contributed by atoms with van der Waals surface area (Å²) >= 11 is 1.27. The van der Waals surface area contributed by atoms with Gasteiger partial charge in [-0.15, -0.1) is 11.3 Å². The number of nitrogens with zero attached hydrogens (tertiary/aromatic N) is 1. The van der Waals surface area contributed by atoms with Gasteiger partial charge in [-0.3, -0.25) is 4.98 Å². The Morgan fingerprint density at radius 3 is 2.53 bits per heavy atom. The average molecular weight is 268 g/mol. The van der Waals surface area contributed by atoms with Crippen LogP contribution in [0, 0.1) is 6.92 Å². The number of hydrogen-bond acceptors (Lipinski definition) is 4. The zero-order chi connectivity index (χ0) is 12.3. The van der Waals surface area contributed by atoms with Crippen molar-refractivity contribution in [3.8, 4) is 0 Å². The van der Waals surface area contributed by atoms with E-state index in [0.717, 1.165) is 10.4 Å². The van der Waals surface area contributed by atoms with Crippen LogP contribution >= 0.6 is 11.3 Å². The third kappa shape index (κ3) is 3.12. The normalized spacial score (nSPS) is 11.6. The Morgan fingerprint density at radius 2 is 1.94 bits per heavy atom. The lowest BCUT2D eigenvalue weighted by molar-refractivity contribution is 0.583. The Bertz CT molecular complexity index is 591. The molecular weight excluding hydrogens is 256 g/mol. The van der Waals surface area contributed by atoms with E-state index in [4.69, 9.17) is 0 Å². The van der Waals surface area contributed by atoms with Crippen LogP contribution in [0.25, 0.3) is 0 Å². The molecule has 0 atom stereocenters. The molecule has 2 aromatic rings. The van der Waals surface area contributed by atoms with Crippen molar-refractivity contribution in [1.82, 2.24) is 9.71 Å². The quantitative estimate of drug-likeness (QED) is 0.921. The molecule has 0 aromatic carbocycles. The maximum atomic E-state index is 11.9. The van der Waals surface area contributed by atoms with Gasteiger partial charge in [0, 0.05) is 23.8 Å². The summed E-state index contributed by atoms with van der Waals surface area (Å²) in [6, 6.07) is 6.98. The first-order valence-corrected chi connectivity index (χ1v) is 7.33. The second-order valence-corrected chi connectivity index (χ2v) is 6.83. The fraction of sp³-hybridized carbons (Fsp3) is 0.182. The highest BCUT2D eigenvalue weighted by Crippen LogP contribution is 2.20. The molecule has 6 heteroatoms. The fourth-order valence-electron chi connectivity index (χ4n) is 1.31. The van der Waals surface area contributed by atoms with E-state index in [1.165, 1.54) is 11.3 Å². The Balaban J connectivity index is 2.09. The molecule has 0 unspecified atom stereocenters. The van der Waals surface area contributed by atoms with Crippen molar-refractivity contribution in [2.24, 2.45) is 0 Å². The van der Waals surface area contributed by atoms with Crippen LogP contribution in [-0.4, -0.2) is 13.4 Å². The summed E-state index contributed by atoms with van der Waals surface area (Å²) in [5, 5.41) is 0. The Kier molecular flexibility index (Phi) is 3.56. The monoisotopic (exact) mass is 268 g/mol. The minimum absolute atomic E-state index is 0.280. The number of rotatable bonds is 4. The lowest BCUT2D eigenvalue weighted by atomic mass is 10.3. The lowest BCUT2D eigenvalue weighted by Gasteiger charge is -2.04. The summed E-state index contributed by atoms with van der Waals surface area (Å²) in [4.78, 5) is 4.86. The molecule has 0 radical (unpaired) electrons. The van der Waals surface area contributed by atoms with Gasteiger partial charge < -0.3 is 0 Å². The molecule has 0 fully saturated rings. The molecule has 4 nitrogen and oxygen atoms in total. The highest BCUT2D eigenvalue weighted by Gasteiger charge is 2.15. The molecule has 0 aliphatic rings. The van der Waals surface area contributed by atoms with E-state index in [0.29, 0.717) is 4.21 Å². The smallest absolute Gasteiger partial charge is 0.250 e. The van der Waals surface area contributed by atoms with Crippen molar-refractivity contribution in [1.29, 1.82) is 0 Å². The minimum atomic E-state index is -3.39. The van der Waals surface area contributed by atoms with E-state index >= 15 is 0 Å². The fourth-order valence-corrected chi connectivity index (χ4v) is 3.65. The van der Waals surface area contributed by atoms with Gasteiger partial charge in [-0.25, -0.2) is 13.1 Å². The number of aryl methyl sites for hydroxylation is 1. The molecule has 2 aromatic heterocycles. The van der Waals surface area contributed by atoms with E-state index in [1.807, 2.05) is 6.92 Å². The number of nitrogens with one attached hydrogen (secondary N) is 1. The zero-order valence-corrected chi connectivity index (χ0v) is 10.9. The number of thiophene rings is 1. The first-order chi connectivity index (χ1) is 8.08. The van der Waals surface area contributed by atoms with E-state index in [-0.39, 0.29) is 6.54 Å². The summed E-state index contributed by atoms with van der Waals surface area (Å²) in [6.45, 7) is 2.16. The summed E-state index contributed by atoms with van der Waals surface area (Å²) in [7, 11) is -3.39. The van der Waals surface area contributed by atoms with E-state index < -0.39 is 10.0 Å². The molecule has 1 N–H and O–H groups in total. The van der Waals surface area contributed by atoms with Crippen LogP contribution < -0.4 is 4.72 Å². The van der Waals surface area contributed by atoms with Crippen molar-refractivity contribution in [2.75, 3.05) is 0 Å². The summed E-state index contributed by atoms with van der Waals surface area (Å²) in [5.41, 5.74) is 0.886. The van der Waals surface area contributed by atoms with E-state index in [2.05, 4.69) is 9.71 Å². The highest BCUT2D eigenvalue weighted by molar-refractivity contribution is 7.91. The SMILES string of the molecule is Cc1ccc(S(=O)(=O)NCc2ccncc2)s1. The number of sulfonamides is 1. The molecular formula is C11H12N2O2S2. The molecule has 2 heterocycles. The standard InChI is InChI=1S/C11H12N2O2S2/c1-9-2-3-11(16-9)17(14,15)13-8-10-4-6-12-7-5-10/h2-7,13H,8H2,1H3. The third-order valence-corrected chi connectivity index (χ3v) is 5.09. The number of pyridine rings is 1. The predicted molar refractivity (Wildman–Crippen MR) is 67.3 cm³/mol. The third-order valence-electron chi connectivity index (χ3n) is 2.20. The van der Waals surface area contributed by atoms with Gasteiger partial charge in [0.2, 0.25) is 10.0 Å². The van der Waals surface area contributed by atoms with Gasteiger partial charge in [0.25, 0.3) is 0 Å². The van der Waals surface area contributed by atoms with Crippen LogP contribution in [0.4, 0.5) is 0 Å². The van der Waals surface area contributed by atoms with Crippen LogP contribution in [-0.2, 0) is 16.6 Å². The molecule has 0 aliphatic heterocycles. The van der Waals surface area contributed by atoms with Gasteiger partial charge in [-0.2, -0.15) is 0 Å². The summed E-state index contributed by atoms with van der Waals surface area (Å²) in [6.07, 6.45) is 3.28. The van der Waals surface area contributed by atoms with Crippen molar-refractivity contribution in [2.45, 2.75) is 17.7 Å². The van der Waals surface area contributed by atoms with Gasteiger partial charge in [0.05, 0.1) is 0 Å². The van der Waals surface area contributed by atoms with Gasteiger partial charge in [0.1, 0.15) is 4.21 Å². The predicted octanol–water partition coefficient (Wildman–Crippen LogP) is 1.93. The van der Waals surface area contributed by atoms with Crippen molar-refractivity contribution < 1.29 is 8.42 Å². The second kappa shape index (κ2) is 4.95. The van der Waals surface area contributed by atoms with E-state index in [9.17, 15) is 8.42 Å².